The van der Waals surface area contributed by atoms with Gasteiger partial charge in [0.05, 0.1) is 18.2 Å². The highest BCUT2D eigenvalue weighted by Gasteiger charge is 2.40. The van der Waals surface area contributed by atoms with Gasteiger partial charge in [0, 0.05) is 12.5 Å². The number of carbonyl (C=O) groups excluding carboxylic acids is 1. The summed E-state index contributed by atoms with van der Waals surface area (Å²) in [5.41, 5.74) is -1.04. The maximum absolute atomic E-state index is 13.8. The summed E-state index contributed by atoms with van der Waals surface area (Å²) in [4.78, 5) is 24.0. The zero-order valence-corrected chi connectivity index (χ0v) is 13.2. The Bertz CT molecular complexity index is 580. The Balaban J connectivity index is 2.12. The number of hydrogen-bond donors (Lipinski definition) is 2. The summed E-state index contributed by atoms with van der Waals surface area (Å²) in [6, 6.07) is 4.04. The molecule has 1 fully saturated rings. The van der Waals surface area contributed by atoms with E-state index >= 15 is 0 Å². The average Bonchev–Trinajstić information content (AvgIpc) is 2.76. The number of carboxylic acids is 1. The number of hydrogen-bond acceptors (Lipinski definition) is 3. The summed E-state index contributed by atoms with van der Waals surface area (Å²) in [6.45, 7) is 0. The van der Waals surface area contributed by atoms with Gasteiger partial charge in [-0.1, -0.05) is 25.7 Å². The molecule has 0 aliphatic heterocycles. The van der Waals surface area contributed by atoms with E-state index in [9.17, 15) is 19.1 Å². The molecule has 0 radical (unpaired) electrons. The second-order valence-electron chi connectivity index (χ2n) is 6.07. The Morgan fingerprint density at radius 1 is 1.26 bits per heavy atom. The van der Waals surface area contributed by atoms with Crippen LogP contribution in [-0.4, -0.2) is 24.1 Å². The first-order valence-corrected chi connectivity index (χ1v) is 7.84. The fourth-order valence-electron chi connectivity index (χ4n) is 3.10. The minimum absolute atomic E-state index is 0.00325. The van der Waals surface area contributed by atoms with Crippen LogP contribution in [0.1, 0.15) is 44.9 Å². The number of halogens is 1. The van der Waals surface area contributed by atoms with Gasteiger partial charge in [0.2, 0.25) is 5.91 Å². The SMILES string of the molecule is COc1ccc(F)c(NC(=O)CC2(C(=O)O)CCCCCC2)c1. The predicted molar refractivity (Wildman–Crippen MR) is 84.0 cm³/mol. The molecule has 6 heteroatoms. The minimum Gasteiger partial charge on any atom is -0.497 e. The summed E-state index contributed by atoms with van der Waals surface area (Å²) in [6.07, 6.45) is 4.40. The Morgan fingerprint density at radius 3 is 2.48 bits per heavy atom. The number of aliphatic carboxylic acids is 1. The summed E-state index contributed by atoms with van der Waals surface area (Å²) >= 11 is 0. The molecule has 0 bridgehead atoms. The van der Waals surface area contributed by atoms with Gasteiger partial charge in [0.15, 0.2) is 0 Å². The Morgan fingerprint density at radius 2 is 1.91 bits per heavy atom. The molecule has 0 atom stereocenters. The lowest BCUT2D eigenvalue weighted by molar-refractivity contribution is -0.152. The molecule has 1 aliphatic rings. The highest BCUT2D eigenvalue weighted by molar-refractivity contribution is 5.94. The van der Waals surface area contributed by atoms with E-state index in [-0.39, 0.29) is 12.1 Å². The van der Waals surface area contributed by atoms with Gasteiger partial charge in [-0.15, -0.1) is 0 Å². The number of carboxylic acid groups (broad SMARTS) is 1. The summed E-state index contributed by atoms with van der Waals surface area (Å²) in [5.74, 6) is -1.59. The monoisotopic (exact) mass is 323 g/mol. The number of ether oxygens (including phenoxy) is 1. The van der Waals surface area contributed by atoms with Crippen molar-refractivity contribution in [3.05, 3.63) is 24.0 Å². The standard InChI is InChI=1S/C17H22FNO4/c1-23-12-6-7-13(18)14(10-12)19-15(20)11-17(16(21)22)8-4-2-3-5-9-17/h6-7,10H,2-5,8-9,11H2,1H3,(H,19,20)(H,21,22). The quantitative estimate of drug-likeness (QED) is 0.812. The van der Waals surface area contributed by atoms with E-state index < -0.39 is 23.1 Å². The number of rotatable bonds is 5. The van der Waals surface area contributed by atoms with E-state index in [1.165, 1.54) is 25.3 Å². The van der Waals surface area contributed by atoms with Gasteiger partial charge < -0.3 is 15.2 Å². The van der Waals surface area contributed by atoms with Gasteiger partial charge in [-0.05, 0) is 25.0 Å². The van der Waals surface area contributed by atoms with Crippen molar-refractivity contribution in [2.75, 3.05) is 12.4 Å². The van der Waals surface area contributed by atoms with Crippen LogP contribution in [0, 0.1) is 11.2 Å². The van der Waals surface area contributed by atoms with Crippen LogP contribution in [0.4, 0.5) is 10.1 Å². The number of nitrogens with one attached hydrogen (secondary N) is 1. The van der Waals surface area contributed by atoms with Crippen molar-refractivity contribution in [2.45, 2.75) is 44.9 Å². The third kappa shape index (κ3) is 4.21. The van der Waals surface area contributed by atoms with Crippen LogP contribution < -0.4 is 10.1 Å². The molecule has 126 valence electrons. The van der Waals surface area contributed by atoms with Crippen molar-refractivity contribution in [1.82, 2.24) is 0 Å². The van der Waals surface area contributed by atoms with Crippen molar-refractivity contribution in [3.8, 4) is 5.75 Å². The number of anilines is 1. The molecule has 1 saturated carbocycles. The van der Waals surface area contributed by atoms with Crippen LogP contribution in [-0.2, 0) is 9.59 Å². The molecule has 0 heterocycles. The molecular formula is C17H22FNO4. The van der Waals surface area contributed by atoms with Gasteiger partial charge in [-0.25, -0.2) is 4.39 Å². The molecule has 23 heavy (non-hydrogen) atoms. The van der Waals surface area contributed by atoms with Crippen LogP contribution in [0.25, 0.3) is 0 Å². The zero-order valence-electron chi connectivity index (χ0n) is 13.2. The van der Waals surface area contributed by atoms with Gasteiger partial charge in [0.1, 0.15) is 11.6 Å². The fourth-order valence-corrected chi connectivity index (χ4v) is 3.10. The number of benzene rings is 1. The summed E-state index contributed by atoms with van der Waals surface area (Å²) < 4.78 is 18.8. The fraction of sp³-hybridized carbons (Fsp3) is 0.529. The lowest BCUT2D eigenvalue weighted by Crippen LogP contribution is -2.35. The molecule has 1 aromatic carbocycles. The molecule has 5 nitrogen and oxygen atoms in total. The highest BCUT2D eigenvalue weighted by Crippen LogP contribution is 2.38. The largest absolute Gasteiger partial charge is 0.497 e. The lowest BCUT2D eigenvalue weighted by Gasteiger charge is -2.27. The molecular weight excluding hydrogens is 301 g/mol. The first-order chi connectivity index (χ1) is 11.0. The van der Waals surface area contributed by atoms with E-state index in [0.29, 0.717) is 18.6 Å². The Hall–Kier alpha value is -2.11. The first-order valence-electron chi connectivity index (χ1n) is 7.84. The average molecular weight is 323 g/mol. The van der Waals surface area contributed by atoms with Crippen LogP contribution in [0.3, 0.4) is 0 Å². The lowest BCUT2D eigenvalue weighted by atomic mass is 9.77. The maximum Gasteiger partial charge on any atom is 0.310 e. The second kappa shape index (κ2) is 7.44. The smallest absolute Gasteiger partial charge is 0.310 e. The van der Waals surface area contributed by atoms with Gasteiger partial charge in [-0.2, -0.15) is 0 Å². The topological polar surface area (TPSA) is 75.6 Å². The molecule has 0 spiro atoms. The van der Waals surface area contributed by atoms with E-state index in [4.69, 9.17) is 4.74 Å². The molecule has 1 aliphatic carbocycles. The van der Waals surface area contributed by atoms with Crippen molar-refractivity contribution in [2.24, 2.45) is 5.41 Å². The molecule has 1 aromatic rings. The molecule has 2 N–H and O–H groups in total. The van der Waals surface area contributed by atoms with Crippen LogP contribution in [0.15, 0.2) is 18.2 Å². The van der Waals surface area contributed by atoms with Crippen LogP contribution in [0.2, 0.25) is 0 Å². The normalized spacial score (nSPS) is 17.1. The molecule has 2 rings (SSSR count). The van der Waals surface area contributed by atoms with E-state index in [1.54, 1.807) is 0 Å². The van der Waals surface area contributed by atoms with E-state index in [1.807, 2.05) is 0 Å². The summed E-state index contributed by atoms with van der Waals surface area (Å²) in [5, 5.41) is 12.1. The molecule has 0 unspecified atom stereocenters. The molecule has 0 saturated heterocycles. The van der Waals surface area contributed by atoms with Crippen molar-refractivity contribution < 1.29 is 23.8 Å². The van der Waals surface area contributed by atoms with Gasteiger partial charge in [0.25, 0.3) is 0 Å². The van der Waals surface area contributed by atoms with Gasteiger partial charge >= 0.3 is 5.97 Å². The zero-order chi connectivity index (χ0) is 16.9. The van der Waals surface area contributed by atoms with Crippen molar-refractivity contribution in [3.63, 3.8) is 0 Å². The van der Waals surface area contributed by atoms with Gasteiger partial charge in [-0.3, -0.25) is 9.59 Å². The van der Waals surface area contributed by atoms with Crippen LogP contribution in [0.5, 0.6) is 5.75 Å². The molecule has 1 amide bonds. The summed E-state index contributed by atoms with van der Waals surface area (Å²) in [7, 11) is 1.45. The third-order valence-corrected chi connectivity index (χ3v) is 4.46. The molecule has 0 aromatic heterocycles. The maximum atomic E-state index is 13.8. The minimum atomic E-state index is -1.05. The predicted octanol–water partition coefficient (Wildman–Crippen LogP) is 3.59. The number of methoxy groups -OCH3 is 1. The van der Waals surface area contributed by atoms with E-state index in [2.05, 4.69) is 5.32 Å². The third-order valence-electron chi connectivity index (χ3n) is 4.46. The van der Waals surface area contributed by atoms with E-state index in [0.717, 1.165) is 25.7 Å². The number of amides is 1. The first kappa shape index (κ1) is 17.2. The Labute approximate surface area is 134 Å². The van der Waals surface area contributed by atoms with Crippen LogP contribution >= 0.6 is 0 Å². The Kier molecular flexibility index (Phi) is 5.58. The van der Waals surface area contributed by atoms with Crippen molar-refractivity contribution >= 4 is 17.6 Å². The van der Waals surface area contributed by atoms with Crippen molar-refractivity contribution in [1.29, 1.82) is 0 Å². The number of carbonyl (C=O) groups is 2. The second-order valence-corrected chi connectivity index (χ2v) is 6.07. The highest BCUT2D eigenvalue weighted by atomic mass is 19.1.